The molecule has 0 atom stereocenters. The van der Waals surface area contributed by atoms with Gasteiger partial charge in [0.25, 0.3) is 0 Å². The summed E-state index contributed by atoms with van der Waals surface area (Å²) in [6.45, 7) is 6.07. The number of hydrogen-bond acceptors (Lipinski definition) is 5. The third-order valence-electron chi connectivity index (χ3n) is 6.70. The van der Waals surface area contributed by atoms with Gasteiger partial charge in [0.05, 0.1) is 23.0 Å². The number of benzene rings is 1. The van der Waals surface area contributed by atoms with Crippen molar-refractivity contribution < 1.29 is 4.79 Å². The number of aryl methyl sites for hydroxylation is 2. The topological polar surface area (TPSA) is 90.5 Å². The van der Waals surface area contributed by atoms with Gasteiger partial charge >= 0.3 is 0 Å². The zero-order chi connectivity index (χ0) is 22.9. The molecule has 0 spiro atoms. The van der Waals surface area contributed by atoms with E-state index in [0.717, 1.165) is 28.8 Å². The Morgan fingerprint density at radius 2 is 1.94 bits per heavy atom. The fraction of sp³-hybridized carbons (Fsp3) is 0.400. The SMILES string of the molecule is Cc1cc(NC(=O)CCC2CCCC2)n(-c2ncnc3c2cnn3-c2cccc(C)c2C)n1. The van der Waals surface area contributed by atoms with E-state index in [4.69, 9.17) is 0 Å². The molecule has 1 N–H and O–H groups in total. The van der Waals surface area contributed by atoms with Gasteiger partial charge in [-0.25, -0.2) is 14.6 Å². The summed E-state index contributed by atoms with van der Waals surface area (Å²) in [4.78, 5) is 21.7. The molecule has 8 heteroatoms. The van der Waals surface area contributed by atoms with Gasteiger partial charge in [-0.2, -0.15) is 14.9 Å². The van der Waals surface area contributed by atoms with E-state index in [1.165, 1.54) is 37.6 Å². The number of carbonyl (C=O) groups is 1. The van der Waals surface area contributed by atoms with Crippen molar-refractivity contribution in [2.24, 2.45) is 5.92 Å². The van der Waals surface area contributed by atoms with Crippen LogP contribution < -0.4 is 5.32 Å². The molecule has 1 aliphatic carbocycles. The van der Waals surface area contributed by atoms with Crippen LogP contribution in [-0.2, 0) is 4.79 Å². The van der Waals surface area contributed by atoms with Gasteiger partial charge in [-0.15, -0.1) is 0 Å². The lowest BCUT2D eigenvalue weighted by molar-refractivity contribution is -0.116. The van der Waals surface area contributed by atoms with Crippen LogP contribution >= 0.6 is 0 Å². The molecule has 0 radical (unpaired) electrons. The van der Waals surface area contributed by atoms with Gasteiger partial charge in [-0.05, 0) is 50.3 Å². The van der Waals surface area contributed by atoms with Crippen LogP contribution in [0.5, 0.6) is 0 Å². The lowest BCUT2D eigenvalue weighted by Gasteiger charge is -2.11. The highest BCUT2D eigenvalue weighted by Crippen LogP contribution is 2.29. The maximum Gasteiger partial charge on any atom is 0.225 e. The average Bonchev–Trinajstić information content (AvgIpc) is 3.54. The van der Waals surface area contributed by atoms with Crippen molar-refractivity contribution in [1.29, 1.82) is 0 Å². The zero-order valence-corrected chi connectivity index (χ0v) is 19.4. The molecule has 0 unspecified atom stereocenters. The quantitative estimate of drug-likeness (QED) is 0.461. The Hall–Kier alpha value is -3.55. The normalized spacial score (nSPS) is 14.3. The minimum absolute atomic E-state index is 0.0134. The molecule has 3 heterocycles. The lowest BCUT2D eigenvalue weighted by atomic mass is 10.0. The number of fused-ring (bicyclic) bond motifs is 1. The third kappa shape index (κ3) is 4.13. The molecule has 170 valence electrons. The molecule has 0 aliphatic heterocycles. The molecule has 1 amide bonds. The molecular formula is C25H29N7O. The Morgan fingerprint density at radius 1 is 1.12 bits per heavy atom. The molecule has 0 saturated heterocycles. The van der Waals surface area contributed by atoms with Crippen LogP contribution in [0.4, 0.5) is 5.82 Å². The maximum atomic E-state index is 12.7. The molecule has 1 fully saturated rings. The van der Waals surface area contributed by atoms with Gasteiger partial charge in [0, 0.05) is 12.5 Å². The van der Waals surface area contributed by atoms with E-state index in [1.807, 2.05) is 29.8 Å². The summed E-state index contributed by atoms with van der Waals surface area (Å²) in [5, 5.41) is 13.0. The first kappa shape index (κ1) is 21.3. The maximum absolute atomic E-state index is 12.7. The zero-order valence-electron chi connectivity index (χ0n) is 19.4. The minimum Gasteiger partial charge on any atom is -0.311 e. The Labute approximate surface area is 193 Å². The highest BCUT2D eigenvalue weighted by atomic mass is 16.1. The highest BCUT2D eigenvalue weighted by molar-refractivity contribution is 5.91. The van der Waals surface area contributed by atoms with E-state index in [2.05, 4.69) is 45.4 Å². The van der Waals surface area contributed by atoms with Crippen molar-refractivity contribution in [2.45, 2.75) is 59.3 Å². The molecule has 0 bridgehead atoms. The number of nitrogens with one attached hydrogen (secondary N) is 1. The van der Waals surface area contributed by atoms with Crippen LogP contribution in [0.15, 0.2) is 36.8 Å². The Morgan fingerprint density at radius 3 is 2.76 bits per heavy atom. The summed E-state index contributed by atoms with van der Waals surface area (Å²) >= 11 is 0. The number of amides is 1. The summed E-state index contributed by atoms with van der Waals surface area (Å²) in [5.41, 5.74) is 4.81. The second kappa shape index (κ2) is 8.77. The number of carbonyl (C=O) groups excluding carboxylic acids is 1. The summed E-state index contributed by atoms with van der Waals surface area (Å²) in [6.07, 6.45) is 9.81. The van der Waals surface area contributed by atoms with E-state index in [1.54, 1.807) is 10.9 Å². The van der Waals surface area contributed by atoms with Crippen molar-refractivity contribution in [3.63, 3.8) is 0 Å². The first-order valence-electron chi connectivity index (χ1n) is 11.6. The second-order valence-corrected chi connectivity index (χ2v) is 9.03. The van der Waals surface area contributed by atoms with Gasteiger partial charge in [-0.3, -0.25) is 4.79 Å². The van der Waals surface area contributed by atoms with Gasteiger partial charge in [0.15, 0.2) is 11.5 Å². The molecule has 8 nitrogen and oxygen atoms in total. The van der Waals surface area contributed by atoms with Crippen molar-refractivity contribution in [3.05, 3.63) is 53.6 Å². The van der Waals surface area contributed by atoms with Crippen LogP contribution in [0.3, 0.4) is 0 Å². The van der Waals surface area contributed by atoms with Crippen molar-refractivity contribution >= 4 is 22.8 Å². The van der Waals surface area contributed by atoms with E-state index in [-0.39, 0.29) is 5.91 Å². The van der Waals surface area contributed by atoms with Crippen LogP contribution in [0.25, 0.3) is 22.5 Å². The molecule has 33 heavy (non-hydrogen) atoms. The van der Waals surface area contributed by atoms with Crippen LogP contribution in [-0.4, -0.2) is 35.4 Å². The van der Waals surface area contributed by atoms with Crippen molar-refractivity contribution in [3.8, 4) is 11.5 Å². The molecule has 4 aromatic rings. The fourth-order valence-electron chi connectivity index (χ4n) is 4.73. The van der Waals surface area contributed by atoms with E-state index >= 15 is 0 Å². The number of anilines is 1. The largest absolute Gasteiger partial charge is 0.311 e. The number of aromatic nitrogens is 6. The Balaban J connectivity index is 1.47. The third-order valence-corrected chi connectivity index (χ3v) is 6.70. The highest BCUT2D eigenvalue weighted by Gasteiger charge is 2.20. The van der Waals surface area contributed by atoms with Crippen LogP contribution in [0.1, 0.15) is 55.3 Å². The van der Waals surface area contributed by atoms with Crippen molar-refractivity contribution in [2.75, 3.05) is 5.32 Å². The average molecular weight is 444 g/mol. The Kier molecular flexibility index (Phi) is 5.66. The lowest BCUT2D eigenvalue weighted by Crippen LogP contribution is -2.16. The van der Waals surface area contributed by atoms with Gasteiger partial charge in [0.2, 0.25) is 5.91 Å². The van der Waals surface area contributed by atoms with Gasteiger partial charge in [-0.1, -0.05) is 37.8 Å². The summed E-state index contributed by atoms with van der Waals surface area (Å²) in [7, 11) is 0. The molecule has 1 aliphatic rings. The van der Waals surface area contributed by atoms with E-state index in [0.29, 0.717) is 29.6 Å². The molecule has 1 saturated carbocycles. The predicted molar refractivity (Wildman–Crippen MR) is 128 cm³/mol. The Bertz CT molecular complexity index is 1310. The van der Waals surface area contributed by atoms with Gasteiger partial charge in [0.1, 0.15) is 12.1 Å². The smallest absolute Gasteiger partial charge is 0.225 e. The summed E-state index contributed by atoms with van der Waals surface area (Å²) in [6, 6.07) is 8.00. The second-order valence-electron chi connectivity index (χ2n) is 9.03. The standard InChI is InChI=1S/C25H29N7O/c1-16-7-6-10-21(18(16)3)31-24-20(14-28-31)25(27-15-26-24)32-22(13-17(2)30-32)29-23(33)12-11-19-8-4-5-9-19/h6-7,10,13-15,19H,4-5,8-9,11-12H2,1-3H3,(H,29,33). The fourth-order valence-corrected chi connectivity index (χ4v) is 4.73. The number of hydrogen-bond donors (Lipinski definition) is 1. The minimum atomic E-state index is 0.0134. The van der Waals surface area contributed by atoms with Crippen molar-refractivity contribution in [1.82, 2.24) is 29.5 Å². The number of nitrogens with zero attached hydrogens (tertiary/aromatic N) is 6. The molecule has 3 aromatic heterocycles. The van der Waals surface area contributed by atoms with E-state index in [9.17, 15) is 4.79 Å². The molecular weight excluding hydrogens is 414 g/mol. The van der Waals surface area contributed by atoms with Gasteiger partial charge < -0.3 is 5.32 Å². The summed E-state index contributed by atoms with van der Waals surface area (Å²) < 4.78 is 3.51. The monoisotopic (exact) mass is 443 g/mol. The van der Waals surface area contributed by atoms with Crippen LogP contribution in [0, 0.1) is 26.7 Å². The van der Waals surface area contributed by atoms with E-state index < -0.39 is 0 Å². The summed E-state index contributed by atoms with van der Waals surface area (Å²) in [5.74, 6) is 1.90. The first-order valence-corrected chi connectivity index (χ1v) is 11.6. The molecule has 5 rings (SSSR count). The molecule has 1 aromatic carbocycles. The predicted octanol–water partition coefficient (Wildman–Crippen LogP) is 4.84. The van der Waals surface area contributed by atoms with Crippen LogP contribution in [0.2, 0.25) is 0 Å². The first-order chi connectivity index (χ1) is 16.0. The number of rotatable bonds is 6.